The fraction of sp³-hybridized carbons (Fsp3) is 0.333. The van der Waals surface area contributed by atoms with Crippen LogP contribution < -0.4 is 24.4 Å². The first kappa shape index (κ1) is 19.5. The van der Waals surface area contributed by atoms with Crippen molar-refractivity contribution in [3.05, 3.63) is 42.5 Å². The van der Waals surface area contributed by atoms with Crippen molar-refractivity contribution < 1.29 is 23.8 Å². The second kappa shape index (κ2) is 9.12. The highest BCUT2D eigenvalue weighted by atomic mass is 16.5. The molecule has 0 unspecified atom stereocenters. The van der Waals surface area contributed by atoms with Crippen LogP contribution in [-0.4, -0.2) is 38.7 Å². The lowest BCUT2D eigenvalue weighted by Crippen LogP contribution is -2.39. The quantitative estimate of drug-likeness (QED) is 0.707. The SMILES string of the molecule is CCC(=O)Nc1ccc2c(c1)N(CCCOc1ccc(OC)cc1)C(=O)CO2. The number of benzene rings is 2. The molecule has 2 aromatic rings. The number of fused-ring (bicyclic) bond motifs is 1. The molecule has 28 heavy (non-hydrogen) atoms. The number of ether oxygens (including phenoxy) is 3. The summed E-state index contributed by atoms with van der Waals surface area (Å²) in [6, 6.07) is 12.7. The van der Waals surface area contributed by atoms with Crippen LogP contribution in [-0.2, 0) is 9.59 Å². The van der Waals surface area contributed by atoms with Crippen LogP contribution in [0.15, 0.2) is 42.5 Å². The van der Waals surface area contributed by atoms with Crippen molar-refractivity contribution in [2.45, 2.75) is 19.8 Å². The van der Waals surface area contributed by atoms with Crippen molar-refractivity contribution in [2.75, 3.05) is 37.1 Å². The van der Waals surface area contributed by atoms with Gasteiger partial charge in [0, 0.05) is 18.7 Å². The van der Waals surface area contributed by atoms with Gasteiger partial charge in [-0.2, -0.15) is 0 Å². The van der Waals surface area contributed by atoms with E-state index in [4.69, 9.17) is 14.2 Å². The minimum absolute atomic E-state index is 0.00695. The van der Waals surface area contributed by atoms with Gasteiger partial charge >= 0.3 is 0 Å². The molecule has 0 radical (unpaired) electrons. The third kappa shape index (κ3) is 4.73. The van der Waals surface area contributed by atoms with Gasteiger partial charge in [0.15, 0.2) is 6.61 Å². The smallest absolute Gasteiger partial charge is 0.265 e. The van der Waals surface area contributed by atoms with Crippen molar-refractivity contribution in [3.63, 3.8) is 0 Å². The second-order valence-electron chi connectivity index (χ2n) is 6.30. The highest BCUT2D eigenvalue weighted by Crippen LogP contribution is 2.34. The molecule has 0 saturated carbocycles. The first-order valence-electron chi connectivity index (χ1n) is 9.24. The zero-order valence-corrected chi connectivity index (χ0v) is 16.1. The van der Waals surface area contributed by atoms with E-state index in [1.54, 1.807) is 37.1 Å². The molecule has 0 fully saturated rings. The van der Waals surface area contributed by atoms with Crippen molar-refractivity contribution in [2.24, 2.45) is 0 Å². The Labute approximate surface area is 164 Å². The first-order chi connectivity index (χ1) is 13.6. The lowest BCUT2D eigenvalue weighted by molar-refractivity contribution is -0.121. The summed E-state index contributed by atoms with van der Waals surface area (Å²) < 4.78 is 16.4. The molecule has 0 bridgehead atoms. The largest absolute Gasteiger partial charge is 0.497 e. The molecule has 1 aliphatic heterocycles. The third-order valence-corrected chi connectivity index (χ3v) is 4.36. The Hall–Kier alpha value is -3.22. The summed E-state index contributed by atoms with van der Waals surface area (Å²) in [7, 11) is 1.62. The van der Waals surface area contributed by atoms with E-state index in [-0.39, 0.29) is 18.4 Å². The molecule has 0 aromatic heterocycles. The molecule has 3 rings (SSSR count). The van der Waals surface area contributed by atoms with E-state index in [9.17, 15) is 9.59 Å². The molecule has 0 spiro atoms. The summed E-state index contributed by atoms with van der Waals surface area (Å²) in [6.45, 7) is 2.76. The monoisotopic (exact) mass is 384 g/mol. The van der Waals surface area contributed by atoms with Crippen molar-refractivity contribution in [1.29, 1.82) is 0 Å². The van der Waals surface area contributed by atoms with Gasteiger partial charge in [-0.1, -0.05) is 6.92 Å². The predicted octanol–water partition coefficient (Wildman–Crippen LogP) is 3.24. The Morgan fingerprint density at radius 1 is 1.18 bits per heavy atom. The Balaban J connectivity index is 1.61. The topological polar surface area (TPSA) is 77.1 Å². The van der Waals surface area contributed by atoms with E-state index >= 15 is 0 Å². The van der Waals surface area contributed by atoms with Gasteiger partial charge in [0.05, 0.1) is 19.4 Å². The average molecular weight is 384 g/mol. The fourth-order valence-electron chi connectivity index (χ4n) is 2.86. The molecule has 1 N–H and O–H groups in total. The maximum absolute atomic E-state index is 12.3. The molecule has 0 saturated heterocycles. The van der Waals surface area contributed by atoms with E-state index in [0.29, 0.717) is 43.1 Å². The van der Waals surface area contributed by atoms with Gasteiger partial charge in [0.25, 0.3) is 5.91 Å². The molecule has 2 aromatic carbocycles. The number of carbonyl (C=O) groups is 2. The number of rotatable bonds is 8. The summed E-state index contributed by atoms with van der Waals surface area (Å²) in [4.78, 5) is 25.7. The highest BCUT2D eigenvalue weighted by Gasteiger charge is 2.25. The lowest BCUT2D eigenvalue weighted by atomic mass is 10.2. The lowest BCUT2D eigenvalue weighted by Gasteiger charge is -2.29. The molecule has 0 atom stereocenters. The zero-order valence-electron chi connectivity index (χ0n) is 16.1. The van der Waals surface area contributed by atoms with Gasteiger partial charge in [-0.15, -0.1) is 0 Å². The molecule has 7 nitrogen and oxygen atoms in total. The fourth-order valence-corrected chi connectivity index (χ4v) is 2.86. The number of nitrogens with one attached hydrogen (secondary N) is 1. The molecule has 2 amide bonds. The predicted molar refractivity (Wildman–Crippen MR) is 106 cm³/mol. The number of methoxy groups -OCH3 is 1. The molecule has 0 aliphatic carbocycles. The normalized spacial score (nSPS) is 12.8. The molecule has 1 heterocycles. The van der Waals surface area contributed by atoms with Gasteiger partial charge < -0.3 is 24.4 Å². The Kier molecular flexibility index (Phi) is 6.37. The minimum atomic E-state index is -0.115. The van der Waals surface area contributed by atoms with Gasteiger partial charge in [-0.25, -0.2) is 0 Å². The molecule has 148 valence electrons. The van der Waals surface area contributed by atoms with Crippen molar-refractivity contribution in [3.8, 4) is 17.2 Å². The Morgan fingerprint density at radius 3 is 2.64 bits per heavy atom. The molecule has 1 aliphatic rings. The highest BCUT2D eigenvalue weighted by molar-refractivity contribution is 5.99. The van der Waals surface area contributed by atoms with Crippen LogP contribution in [0.1, 0.15) is 19.8 Å². The Morgan fingerprint density at radius 2 is 1.93 bits per heavy atom. The maximum atomic E-state index is 12.3. The van der Waals surface area contributed by atoms with Gasteiger partial charge in [0.2, 0.25) is 5.91 Å². The van der Waals surface area contributed by atoms with Gasteiger partial charge in [0.1, 0.15) is 17.2 Å². The molecule has 7 heteroatoms. The third-order valence-electron chi connectivity index (χ3n) is 4.36. The van der Waals surface area contributed by atoms with Crippen LogP contribution in [0.25, 0.3) is 0 Å². The van der Waals surface area contributed by atoms with Crippen LogP contribution in [0.3, 0.4) is 0 Å². The Bertz CT molecular complexity index is 835. The summed E-state index contributed by atoms with van der Waals surface area (Å²) in [5.41, 5.74) is 1.30. The summed E-state index contributed by atoms with van der Waals surface area (Å²) in [6.07, 6.45) is 1.04. The molecular formula is C21H24N2O5. The summed E-state index contributed by atoms with van der Waals surface area (Å²) >= 11 is 0. The van der Waals surface area contributed by atoms with E-state index in [0.717, 1.165) is 11.5 Å². The summed E-state index contributed by atoms with van der Waals surface area (Å²) in [5.74, 6) is 1.96. The number of nitrogens with zero attached hydrogens (tertiary/aromatic N) is 1. The number of carbonyl (C=O) groups excluding carboxylic acids is 2. The minimum Gasteiger partial charge on any atom is -0.497 e. The maximum Gasteiger partial charge on any atom is 0.265 e. The second-order valence-corrected chi connectivity index (χ2v) is 6.30. The van der Waals surface area contributed by atoms with Crippen molar-refractivity contribution in [1.82, 2.24) is 0 Å². The number of hydrogen-bond acceptors (Lipinski definition) is 5. The van der Waals surface area contributed by atoms with Crippen LogP contribution in [0.5, 0.6) is 17.2 Å². The standard InChI is InChI=1S/C21H24N2O5/c1-3-20(24)22-15-5-10-19-18(13-15)23(21(25)14-28-19)11-4-12-27-17-8-6-16(26-2)7-9-17/h5-10,13H,3-4,11-12,14H2,1-2H3,(H,22,24). The summed E-state index contributed by atoms with van der Waals surface area (Å²) in [5, 5.41) is 2.81. The number of amides is 2. The van der Waals surface area contributed by atoms with Crippen LogP contribution in [0.2, 0.25) is 0 Å². The first-order valence-corrected chi connectivity index (χ1v) is 9.24. The van der Waals surface area contributed by atoms with E-state index in [2.05, 4.69) is 5.32 Å². The average Bonchev–Trinajstić information content (AvgIpc) is 2.72. The van der Waals surface area contributed by atoms with Crippen molar-refractivity contribution >= 4 is 23.2 Å². The van der Waals surface area contributed by atoms with E-state index < -0.39 is 0 Å². The number of anilines is 2. The molecular weight excluding hydrogens is 360 g/mol. The van der Waals surface area contributed by atoms with Gasteiger partial charge in [-0.05, 0) is 48.9 Å². The van der Waals surface area contributed by atoms with E-state index in [1.807, 2.05) is 24.3 Å². The number of hydrogen-bond donors (Lipinski definition) is 1. The van der Waals surface area contributed by atoms with Crippen LogP contribution in [0, 0.1) is 0 Å². The van der Waals surface area contributed by atoms with E-state index in [1.165, 1.54) is 0 Å². The van der Waals surface area contributed by atoms with Gasteiger partial charge in [-0.3, -0.25) is 9.59 Å². The van der Waals surface area contributed by atoms with Crippen LogP contribution in [0.4, 0.5) is 11.4 Å². The van der Waals surface area contributed by atoms with Crippen LogP contribution >= 0.6 is 0 Å². The zero-order chi connectivity index (χ0) is 19.9.